The van der Waals surface area contributed by atoms with Gasteiger partial charge in [0.25, 0.3) is 0 Å². The average Bonchev–Trinajstić information content (AvgIpc) is 2.93. The highest BCUT2D eigenvalue weighted by Crippen LogP contribution is 2.39. The second-order valence-electron chi connectivity index (χ2n) is 8.90. The van der Waals surface area contributed by atoms with Gasteiger partial charge in [0.05, 0.1) is 18.7 Å². The number of esters is 1. The zero-order chi connectivity index (χ0) is 21.8. The van der Waals surface area contributed by atoms with E-state index in [4.69, 9.17) is 9.47 Å². The van der Waals surface area contributed by atoms with Gasteiger partial charge in [0.2, 0.25) is 5.91 Å². The highest BCUT2D eigenvalue weighted by Gasteiger charge is 2.47. The molecule has 1 aliphatic rings. The highest BCUT2D eigenvalue weighted by atomic mass is 16.6. The van der Waals surface area contributed by atoms with Gasteiger partial charge in [0.1, 0.15) is 17.4 Å². The van der Waals surface area contributed by atoms with Gasteiger partial charge in [-0.2, -0.15) is 0 Å². The zero-order valence-electron chi connectivity index (χ0n) is 18.4. The van der Waals surface area contributed by atoms with Crippen molar-refractivity contribution in [3.05, 3.63) is 48.6 Å². The first-order valence-corrected chi connectivity index (χ1v) is 10.1. The van der Waals surface area contributed by atoms with Crippen molar-refractivity contribution >= 4 is 11.9 Å². The fraction of sp³-hybridized carbons (Fsp3) is 0.565. The first kappa shape index (κ1) is 23.1. The minimum Gasteiger partial charge on any atom is -0.458 e. The molecule has 1 aliphatic heterocycles. The van der Waals surface area contributed by atoms with Crippen LogP contribution in [0.4, 0.5) is 0 Å². The van der Waals surface area contributed by atoms with Gasteiger partial charge < -0.3 is 14.8 Å². The molecule has 6 heteroatoms. The first-order chi connectivity index (χ1) is 13.5. The van der Waals surface area contributed by atoms with E-state index in [1.807, 2.05) is 44.2 Å². The topological polar surface area (TPSA) is 67.9 Å². The summed E-state index contributed by atoms with van der Waals surface area (Å²) in [6.45, 7) is 15.3. The van der Waals surface area contributed by atoms with Crippen LogP contribution in [0.3, 0.4) is 0 Å². The molecule has 0 aliphatic carbocycles. The zero-order valence-corrected chi connectivity index (χ0v) is 18.4. The molecule has 0 saturated carbocycles. The van der Waals surface area contributed by atoms with Crippen molar-refractivity contribution in [2.24, 2.45) is 0 Å². The first-order valence-electron chi connectivity index (χ1n) is 10.1. The third kappa shape index (κ3) is 5.90. The van der Waals surface area contributed by atoms with E-state index in [0.29, 0.717) is 13.0 Å². The number of ether oxygens (including phenoxy) is 2. The lowest BCUT2D eigenvalue weighted by molar-refractivity contribution is -0.159. The van der Waals surface area contributed by atoms with Crippen LogP contribution in [0.1, 0.15) is 59.6 Å². The Morgan fingerprint density at radius 3 is 2.52 bits per heavy atom. The molecule has 1 amide bonds. The maximum absolute atomic E-state index is 13.2. The summed E-state index contributed by atoms with van der Waals surface area (Å²) < 4.78 is 11.4. The van der Waals surface area contributed by atoms with Crippen molar-refractivity contribution in [2.75, 3.05) is 6.61 Å². The van der Waals surface area contributed by atoms with E-state index in [0.717, 1.165) is 5.56 Å². The normalized spacial score (nSPS) is 21.2. The second-order valence-corrected chi connectivity index (χ2v) is 8.90. The summed E-state index contributed by atoms with van der Waals surface area (Å²) in [7, 11) is 0. The molecule has 0 aromatic heterocycles. The Bertz CT molecular complexity index is 724. The molecule has 6 nitrogen and oxygen atoms in total. The molecule has 2 rings (SSSR count). The predicted molar refractivity (Wildman–Crippen MR) is 113 cm³/mol. The summed E-state index contributed by atoms with van der Waals surface area (Å²) in [4.78, 5) is 27.6. The lowest BCUT2D eigenvalue weighted by atomic mass is 10.00. The largest absolute Gasteiger partial charge is 0.458 e. The standard InChI is InChI=1S/C23H34N2O4/c1-8-12-18(20(26)24-16(2)21(27)29-22(3,4)5)25-19(15-28-23(25,6)7)17-13-10-9-11-14-17/h8-11,13-14,16,18-19H,1,12,15H2,2-7H3,(H,24,26)/t16?,18?,19-/m1/s1. The van der Waals surface area contributed by atoms with Crippen LogP contribution in [-0.4, -0.2) is 46.8 Å². The number of carbonyl (C=O) groups excluding carboxylic acids is 2. The minimum atomic E-state index is -0.754. The number of hydrogen-bond acceptors (Lipinski definition) is 5. The lowest BCUT2D eigenvalue weighted by Crippen LogP contribution is -2.56. The summed E-state index contributed by atoms with van der Waals surface area (Å²) in [6.07, 6.45) is 2.15. The van der Waals surface area contributed by atoms with Gasteiger partial charge in [-0.25, -0.2) is 4.79 Å². The van der Waals surface area contributed by atoms with Crippen molar-refractivity contribution in [1.82, 2.24) is 10.2 Å². The fourth-order valence-electron chi connectivity index (χ4n) is 3.60. The van der Waals surface area contributed by atoms with Gasteiger partial charge in [-0.3, -0.25) is 9.69 Å². The van der Waals surface area contributed by atoms with Crippen molar-refractivity contribution in [3.8, 4) is 0 Å². The highest BCUT2D eigenvalue weighted by molar-refractivity contribution is 5.87. The maximum atomic E-state index is 13.2. The van der Waals surface area contributed by atoms with Crippen LogP contribution in [-0.2, 0) is 19.1 Å². The Kier molecular flexibility index (Phi) is 7.25. The fourth-order valence-corrected chi connectivity index (χ4v) is 3.60. The Hall–Kier alpha value is -2.18. The number of nitrogens with one attached hydrogen (secondary N) is 1. The van der Waals surface area contributed by atoms with E-state index in [-0.39, 0.29) is 11.9 Å². The molecule has 1 heterocycles. The van der Waals surface area contributed by atoms with Crippen LogP contribution in [0, 0.1) is 0 Å². The van der Waals surface area contributed by atoms with Gasteiger partial charge in [0.15, 0.2) is 0 Å². The molecule has 1 aromatic carbocycles. The van der Waals surface area contributed by atoms with Crippen LogP contribution in [0.2, 0.25) is 0 Å². The summed E-state index contributed by atoms with van der Waals surface area (Å²) in [5.74, 6) is -0.706. The molecule has 1 fully saturated rings. The molecule has 160 valence electrons. The van der Waals surface area contributed by atoms with E-state index in [1.54, 1.807) is 33.8 Å². The van der Waals surface area contributed by atoms with Gasteiger partial charge in [-0.15, -0.1) is 6.58 Å². The Morgan fingerprint density at radius 1 is 1.34 bits per heavy atom. The summed E-state index contributed by atoms with van der Waals surface area (Å²) in [5, 5.41) is 2.82. The molecular formula is C23H34N2O4. The molecule has 1 N–H and O–H groups in total. The van der Waals surface area contributed by atoms with Crippen molar-refractivity contribution < 1.29 is 19.1 Å². The number of nitrogens with zero attached hydrogens (tertiary/aromatic N) is 1. The number of benzene rings is 1. The third-order valence-corrected chi connectivity index (χ3v) is 4.88. The maximum Gasteiger partial charge on any atom is 0.328 e. The molecule has 29 heavy (non-hydrogen) atoms. The van der Waals surface area contributed by atoms with Crippen molar-refractivity contribution in [2.45, 2.75) is 77.4 Å². The quantitative estimate of drug-likeness (QED) is 0.558. The predicted octanol–water partition coefficient (Wildman–Crippen LogP) is 3.59. The molecule has 0 spiro atoms. The number of amides is 1. The lowest BCUT2D eigenvalue weighted by Gasteiger charge is -2.39. The van der Waals surface area contributed by atoms with Crippen LogP contribution in [0.25, 0.3) is 0 Å². The van der Waals surface area contributed by atoms with Gasteiger partial charge in [-0.1, -0.05) is 36.4 Å². The van der Waals surface area contributed by atoms with E-state index in [2.05, 4.69) is 16.8 Å². The Labute approximate surface area is 174 Å². The monoisotopic (exact) mass is 402 g/mol. The third-order valence-electron chi connectivity index (χ3n) is 4.88. The molecule has 3 atom stereocenters. The van der Waals surface area contributed by atoms with Crippen molar-refractivity contribution in [1.29, 1.82) is 0 Å². The molecule has 0 radical (unpaired) electrons. The van der Waals surface area contributed by atoms with Gasteiger partial charge in [-0.05, 0) is 53.5 Å². The van der Waals surface area contributed by atoms with Crippen LogP contribution >= 0.6 is 0 Å². The smallest absolute Gasteiger partial charge is 0.328 e. The molecule has 0 bridgehead atoms. The second kappa shape index (κ2) is 9.09. The minimum absolute atomic E-state index is 0.0706. The van der Waals surface area contributed by atoms with Crippen LogP contribution in [0.15, 0.2) is 43.0 Å². The van der Waals surface area contributed by atoms with Gasteiger partial charge >= 0.3 is 5.97 Å². The molecule has 2 unspecified atom stereocenters. The van der Waals surface area contributed by atoms with E-state index in [9.17, 15) is 9.59 Å². The van der Waals surface area contributed by atoms with E-state index < -0.39 is 29.4 Å². The number of carbonyl (C=O) groups is 2. The van der Waals surface area contributed by atoms with Crippen molar-refractivity contribution in [3.63, 3.8) is 0 Å². The number of hydrogen-bond donors (Lipinski definition) is 1. The molecule has 1 saturated heterocycles. The summed E-state index contributed by atoms with van der Waals surface area (Å²) in [6, 6.07) is 8.64. The number of rotatable bonds is 7. The average molecular weight is 403 g/mol. The Morgan fingerprint density at radius 2 is 1.97 bits per heavy atom. The molecular weight excluding hydrogens is 368 g/mol. The Balaban J connectivity index is 2.24. The summed E-state index contributed by atoms with van der Waals surface area (Å²) in [5.41, 5.74) is -0.166. The summed E-state index contributed by atoms with van der Waals surface area (Å²) >= 11 is 0. The van der Waals surface area contributed by atoms with E-state index in [1.165, 1.54) is 0 Å². The SMILES string of the molecule is C=CCC(C(=O)NC(C)C(=O)OC(C)(C)C)N1[C@@H](c2ccccc2)COC1(C)C. The van der Waals surface area contributed by atoms with Gasteiger partial charge in [0, 0.05) is 0 Å². The van der Waals surface area contributed by atoms with Crippen LogP contribution in [0.5, 0.6) is 0 Å². The molecule has 1 aromatic rings. The van der Waals surface area contributed by atoms with E-state index >= 15 is 0 Å². The van der Waals surface area contributed by atoms with Crippen LogP contribution < -0.4 is 5.32 Å².